The Hall–Kier alpha value is -1.64. The van der Waals surface area contributed by atoms with Gasteiger partial charge in [0.05, 0.1) is 6.04 Å². The molecule has 0 fully saturated rings. The second kappa shape index (κ2) is 4.56. The third-order valence-electron chi connectivity index (χ3n) is 3.65. The van der Waals surface area contributed by atoms with Crippen molar-refractivity contribution < 1.29 is 5.21 Å². The molecule has 0 aliphatic carbocycles. The lowest BCUT2D eigenvalue weighted by molar-refractivity contribution is -0.121. The van der Waals surface area contributed by atoms with Crippen molar-refractivity contribution in [3.8, 4) is 0 Å². The molecule has 2 nitrogen and oxygen atoms in total. The first-order chi connectivity index (χ1) is 8.75. The molecule has 1 atom stereocenters. The standard InChI is InChI=1S/C16H17NO/c1-12-6-8-14(9-7-12)16-15-5-3-2-4-13(15)10-11-17(16)18/h2-9,16,18H,10-11H2,1H3/t16-/m0/s1. The minimum Gasteiger partial charge on any atom is -0.313 e. The normalized spacial score (nSPS) is 19.6. The van der Waals surface area contributed by atoms with Crippen LogP contribution >= 0.6 is 0 Å². The van der Waals surface area contributed by atoms with E-state index in [1.807, 2.05) is 6.07 Å². The zero-order chi connectivity index (χ0) is 12.5. The lowest BCUT2D eigenvalue weighted by Crippen LogP contribution is -2.33. The maximum Gasteiger partial charge on any atom is 0.0852 e. The Labute approximate surface area is 107 Å². The molecule has 1 aliphatic heterocycles. The maximum absolute atomic E-state index is 10.2. The van der Waals surface area contributed by atoms with Crippen molar-refractivity contribution in [1.29, 1.82) is 0 Å². The predicted molar refractivity (Wildman–Crippen MR) is 71.7 cm³/mol. The van der Waals surface area contributed by atoms with E-state index >= 15 is 0 Å². The molecule has 0 saturated carbocycles. The molecule has 1 aliphatic rings. The van der Waals surface area contributed by atoms with Crippen molar-refractivity contribution >= 4 is 0 Å². The van der Waals surface area contributed by atoms with Gasteiger partial charge in [0.1, 0.15) is 0 Å². The van der Waals surface area contributed by atoms with Gasteiger partial charge in [-0.25, -0.2) is 0 Å². The molecule has 0 amide bonds. The van der Waals surface area contributed by atoms with Crippen molar-refractivity contribution in [2.24, 2.45) is 0 Å². The molecule has 0 saturated heterocycles. The van der Waals surface area contributed by atoms with Crippen LogP contribution in [0.25, 0.3) is 0 Å². The highest BCUT2D eigenvalue weighted by molar-refractivity contribution is 5.39. The lowest BCUT2D eigenvalue weighted by atomic mass is 9.89. The number of nitrogens with zero attached hydrogens (tertiary/aromatic N) is 1. The maximum atomic E-state index is 10.2. The highest BCUT2D eigenvalue weighted by Crippen LogP contribution is 2.33. The molecule has 18 heavy (non-hydrogen) atoms. The zero-order valence-corrected chi connectivity index (χ0v) is 10.5. The Morgan fingerprint density at radius 3 is 2.56 bits per heavy atom. The van der Waals surface area contributed by atoms with Crippen molar-refractivity contribution in [2.75, 3.05) is 6.54 Å². The quantitative estimate of drug-likeness (QED) is 0.825. The van der Waals surface area contributed by atoms with Crippen LogP contribution in [-0.2, 0) is 6.42 Å². The molecular weight excluding hydrogens is 222 g/mol. The van der Waals surface area contributed by atoms with Gasteiger partial charge in [-0.3, -0.25) is 0 Å². The van der Waals surface area contributed by atoms with E-state index in [4.69, 9.17) is 0 Å². The zero-order valence-electron chi connectivity index (χ0n) is 10.5. The molecule has 2 heteroatoms. The van der Waals surface area contributed by atoms with Crippen LogP contribution in [0.3, 0.4) is 0 Å². The van der Waals surface area contributed by atoms with Crippen LogP contribution in [0, 0.1) is 6.92 Å². The smallest absolute Gasteiger partial charge is 0.0852 e. The van der Waals surface area contributed by atoms with Crippen LogP contribution < -0.4 is 0 Å². The SMILES string of the molecule is Cc1ccc([C@H]2c3ccccc3CCN2O)cc1. The molecule has 2 aromatic carbocycles. The highest BCUT2D eigenvalue weighted by atomic mass is 16.5. The van der Waals surface area contributed by atoms with Crippen LogP contribution in [0.4, 0.5) is 0 Å². The number of hydroxylamine groups is 2. The second-order valence-electron chi connectivity index (χ2n) is 4.93. The summed E-state index contributed by atoms with van der Waals surface area (Å²) in [6.07, 6.45) is 0.912. The molecule has 0 radical (unpaired) electrons. The fourth-order valence-corrected chi connectivity index (χ4v) is 2.65. The van der Waals surface area contributed by atoms with E-state index in [0.29, 0.717) is 6.54 Å². The summed E-state index contributed by atoms with van der Waals surface area (Å²) in [5, 5.41) is 11.6. The third-order valence-corrected chi connectivity index (χ3v) is 3.65. The molecule has 0 bridgehead atoms. The first-order valence-electron chi connectivity index (χ1n) is 6.35. The summed E-state index contributed by atoms with van der Waals surface area (Å²) in [4.78, 5) is 0. The van der Waals surface area contributed by atoms with Crippen LogP contribution in [0.15, 0.2) is 48.5 Å². The fourth-order valence-electron chi connectivity index (χ4n) is 2.65. The highest BCUT2D eigenvalue weighted by Gasteiger charge is 2.27. The fraction of sp³-hybridized carbons (Fsp3) is 0.250. The Morgan fingerprint density at radius 2 is 1.78 bits per heavy atom. The number of benzene rings is 2. The molecule has 92 valence electrons. The summed E-state index contributed by atoms with van der Waals surface area (Å²) >= 11 is 0. The largest absolute Gasteiger partial charge is 0.313 e. The van der Waals surface area contributed by atoms with E-state index in [1.54, 1.807) is 0 Å². The van der Waals surface area contributed by atoms with Crippen LogP contribution in [0.2, 0.25) is 0 Å². The van der Waals surface area contributed by atoms with Gasteiger partial charge in [0, 0.05) is 6.54 Å². The number of hydrogen-bond acceptors (Lipinski definition) is 2. The summed E-state index contributed by atoms with van der Waals surface area (Å²) in [6.45, 7) is 2.77. The number of rotatable bonds is 1. The molecule has 3 rings (SSSR count). The Bertz CT molecular complexity index is 547. The van der Waals surface area contributed by atoms with Gasteiger partial charge >= 0.3 is 0 Å². The van der Waals surface area contributed by atoms with Crippen LogP contribution in [-0.4, -0.2) is 16.8 Å². The second-order valence-corrected chi connectivity index (χ2v) is 4.93. The average Bonchev–Trinajstić information content (AvgIpc) is 2.40. The minimum absolute atomic E-state index is 0.0319. The molecule has 1 N–H and O–H groups in total. The Balaban J connectivity index is 2.07. The topological polar surface area (TPSA) is 23.5 Å². The molecular formula is C16H17NO. The van der Waals surface area contributed by atoms with Gasteiger partial charge < -0.3 is 5.21 Å². The Morgan fingerprint density at radius 1 is 1.06 bits per heavy atom. The van der Waals surface area contributed by atoms with Crippen LogP contribution in [0.5, 0.6) is 0 Å². The van der Waals surface area contributed by atoms with Gasteiger partial charge in [-0.15, -0.1) is 0 Å². The first kappa shape index (κ1) is 11.5. The van der Waals surface area contributed by atoms with E-state index in [0.717, 1.165) is 12.0 Å². The summed E-state index contributed by atoms with van der Waals surface area (Å²) < 4.78 is 0. The summed E-state index contributed by atoms with van der Waals surface area (Å²) in [7, 11) is 0. The van der Waals surface area contributed by atoms with Gasteiger partial charge in [0.15, 0.2) is 0 Å². The first-order valence-corrected chi connectivity index (χ1v) is 6.35. The summed E-state index contributed by atoms with van der Waals surface area (Å²) in [5.41, 5.74) is 4.95. The van der Waals surface area contributed by atoms with E-state index in [-0.39, 0.29) is 6.04 Å². The number of fused-ring (bicyclic) bond motifs is 1. The Kier molecular flexibility index (Phi) is 2.90. The van der Waals surface area contributed by atoms with E-state index < -0.39 is 0 Å². The van der Waals surface area contributed by atoms with Crippen molar-refractivity contribution in [3.05, 3.63) is 70.8 Å². The summed E-state index contributed by atoms with van der Waals surface area (Å²) in [5.74, 6) is 0. The van der Waals surface area contributed by atoms with Crippen molar-refractivity contribution in [2.45, 2.75) is 19.4 Å². The minimum atomic E-state index is -0.0319. The average molecular weight is 239 g/mol. The molecule has 0 aromatic heterocycles. The van der Waals surface area contributed by atoms with E-state index in [1.165, 1.54) is 21.8 Å². The van der Waals surface area contributed by atoms with Gasteiger partial charge in [-0.2, -0.15) is 5.06 Å². The third kappa shape index (κ3) is 1.94. The van der Waals surface area contributed by atoms with Gasteiger partial charge in [-0.1, -0.05) is 54.1 Å². The molecule has 2 aromatic rings. The van der Waals surface area contributed by atoms with E-state index in [2.05, 4.69) is 49.4 Å². The predicted octanol–water partition coefficient (Wildman–Crippen LogP) is 3.33. The number of hydrogen-bond donors (Lipinski definition) is 1. The lowest BCUT2D eigenvalue weighted by Gasteiger charge is -2.33. The molecule has 0 spiro atoms. The van der Waals surface area contributed by atoms with Gasteiger partial charge in [0.2, 0.25) is 0 Å². The van der Waals surface area contributed by atoms with Crippen molar-refractivity contribution in [3.63, 3.8) is 0 Å². The van der Waals surface area contributed by atoms with E-state index in [9.17, 15) is 5.21 Å². The summed E-state index contributed by atoms with van der Waals surface area (Å²) in [6, 6.07) is 16.7. The van der Waals surface area contributed by atoms with Crippen molar-refractivity contribution in [1.82, 2.24) is 5.06 Å². The molecule has 1 heterocycles. The monoisotopic (exact) mass is 239 g/mol. The molecule has 0 unspecified atom stereocenters. The van der Waals surface area contributed by atoms with Gasteiger partial charge in [-0.05, 0) is 30.0 Å². The van der Waals surface area contributed by atoms with Gasteiger partial charge in [0.25, 0.3) is 0 Å². The number of aryl methyl sites for hydroxylation is 1. The van der Waals surface area contributed by atoms with Crippen LogP contribution in [0.1, 0.15) is 28.3 Å².